The topological polar surface area (TPSA) is 167 Å². The average Bonchev–Trinajstić information content (AvgIpc) is 3.34. The second-order valence-corrected chi connectivity index (χ2v) is 14.8. The summed E-state index contributed by atoms with van der Waals surface area (Å²) in [7, 11) is 0. The smallest absolute Gasteiger partial charge is 0.338 e. The molecule has 9 atom stereocenters. The Morgan fingerprint density at radius 3 is 1.53 bits per heavy atom. The third-order valence-corrected chi connectivity index (χ3v) is 10.9. The second-order valence-electron chi connectivity index (χ2n) is 14.8. The molecule has 290 valence electrons. The van der Waals surface area contributed by atoms with Gasteiger partial charge >= 0.3 is 35.8 Å². The van der Waals surface area contributed by atoms with Crippen LogP contribution in [0.1, 0.15) is 79.0 Å². The van der Waals surface area contributed by atoms with Crippen LogP contribution in [0.4, 0.5) is 0 Å². The Morgan fingerprint density at radius 1 is 0.600 bits per heavy atom. The first-order valence-electron chi connectivity index (χ1n) is 18.1. The lowest BCUT2D eigenvalue weighted by Crippen LogP contribution is -2.81. The molecule has 0 aromatic heterocycles. The maximum atomic E-state index is 14.2. The van der Waals surface area contributed by atoms with E-state index in [0.29, 0.717) is 0 Å². The molecule has 0 N–H and O–H groups in total. The number of hydrogen-bond acceptors (Lipinski definition) is 13. The molecule has 1 heterocycles. The van der Waals surface area contributed by atoms with Gasteiger partial charge in [-0.1, -0.05) is 61.5 Å². The molecule has 0 unspecified atom stereocenters. The molecule has 0 radical (unpaired) electrons. The quantitative estimate of drug-likeness (QED) is 0.194. The highest BCUT2D eigenvalue weighted by Crippen LogP contribution is 2.68. The molecule has 3 aromatic rings. The lowest BCUT2D eigenvalue weighted by atomic mass is 9.47. The summed E-state index contributed by atoms with van der Waals surface area (Å²) in [4.78, 5) is 81.3. The summed E-state index contributed by atoms with van der Waals surface area (Å²) >= 11 is 0. The van der Waals surface area contributed by atoms with Crippen molar-refractivity contribution in [1.29, 1.82) is 0 Å². The van der Waals surface area contributed by atoms with Crippen molar-refractivity contribution in [2.75, 3.05) is 6.61 Å². The van der Waals surface area contributed by atoms with Crippen LogP contribution in [0.25, 0.3) is 0 Å². The summed E-state index contributed by atoms with van der Waals surface area (Å²) in [6.07, 6.45) is -7.31. The van der Waals surface area contributed by atoms with Gasteiger partial charge in [-0.15, -0.1) is 0 Å². The van der Waals surface area contributed by atoms with Gasteiger partial charge in [-0.2, -0.15) is 0 Å². The van der Waals surface area contributed by atoms with E-state index >= 15 is 0 Å². The van der Waals surface area contributed by atoms with Gasteiger partial charge in [0.1, 0.15) is 35.9 Å². The van der Waals surface area contributed by atoms with Crippen LogP contribution in [-0.4, -0.2) is 84.1 Å². The molecular formula is C42H44O13. The van der Waals surface area contributed by atoms with Gasteiger partial charge in [0.25, 0.3) is 0 Å². The highest BCUT2D eigenvalue weighted by atomic mass is 16.6. The third-order valence-electron chi connectivity index (χ3n) is 10.9. The zero-order chi connectivity index (χ0) is 39.7. The van der Waals surface area contributed by atoms with Crippen LogP contribution >= 0.6 is 0 Å². The molecule has 55 heavy (non-hydrogen) atoms. The third kappa shape index (κ3) is 7.08. The van der Waals surface area contributed by atoms with Crippen molar-refractivity contribution in [3.63, 3.8) is 0 Å². The van der Waals surface area contributed by atoms with Gasteiger partial charge in [-0.3, -0.25) is 14.4 Å². The Bertz CT molecular complexity index is 1930. The number of hydrogen-bond donors (Lipinski definition) is 0. The molecule has 0 amide bonds. The van der Waals surface area contributed by atoms with Crippen molar-refractivity contribution in [2.24, 2.45) is 17.3 Å². The fourth-order valence-corrected chi connectivity index (χ4v) is 8.95. The molecule has 2 bridgehead atoms. The van der Waals surface area contributed by atoms with E-state index in [0.717, 1.165) is 13.8 Å². The van der Waals surface area contributed by atoms with Gasteiger partial charge in [-0.25, -0.2) is 14.4 Å². The molecule has 3 aliphatic rings. The number of carbonyl (C=O) groups excluding carboxylic acids is 6. The fraction of sp³-hybridized carbons (Fsp3) is 0.429. The molecule has 2 saturated carbocycles. The minimum absolute atomic E-state index is 0.0189. The Labute approximate surface area is 318 Å². The summed E-state index contributed by atoms with van der Waals surface area (Å²) in [5, 5.41) is 0. The normalized spacial score (nSPS) is 30.1. The molecule has 1 spiro atoms. The molecule has 3 aromatic carbocycles. The minimum atomic E-state index is -2.07. The summed E-state index contributed by atoms with van der Waals surface area (Å²) in [6.45, 7) is 8.06. The maximum Gasteiger partial charge on any atom is 0.338 e. The number of esters is 6. The monoisotopic (exact) mass is 756 g/mol. The molecule has 1 aliphatic heterocycles. The second kappa shape index (κ2) is 15.3. The average molecular weight is 757 g/mol. The number of fused-ring (bicyclic) bond motifs is 1. The van der Waals surface area contributed by atoms with Gasteiger partial charge in [-0.05, 0) is 62.6 Å². The van der Waals surface area contributed by atoms with E-state index in [1.807, 2.05) is 0 Å². The molecule has 6 rings (SSSR count). The Kier molecular flexibility index (Phi) is 10.9. The predicted octanol–water partition coefficient (Wildman–Crippen LogP) is 5.29. The first kappa shape index (κ1) is 39.1. The lowest BCUT2D eigenvalue weighted by molar-refractivity contribution is -0.327. The van der Waals surface area contributed by atoms with Crippen molar-refractivity contribution in [1.82, 2.24) is 0 Å². The number of carbonyl (C=O) groups is 6. The van der Waals surface area contributed by atoms with Gasteiger partial charge in [0.05, 0.1) is 28.2 Å². The van der Waals surface area contributed by atoms with Gasteiger partial charge < -0.3 is 33.2 Å². The van der Waals surface area contributed by atoms with Crippen molar-refractivity contribution >= 4 is 35.8 Å². The van der Waals surface area contributed by atoms with Crippen molar-refractivity contribution in [2.45, 2.75) is 89.7 Å². The van der Waals surface area contributed by atoms with E-state index in [2.05, 4.69) is 0 Å². The number of ether oxygens (including phenoxy) is 7. The van der Waals surface area contributed by atoms with Gasteiger partial charge in [0, 0.05) is 20.8 Å². The minimum Gasteiger partial charge on any atom is -0.465 e. The largest absolute Gasteiger partial charge is 0.465 e. The standard InChI is InChI=1S/C42H44O13/c1-24-22-31(52-37(46)28-16-10-7-11-17-28)34(54-39(48)30-20-14-9-15-21-30)41(23-49-25(2)43)36(51-27(4)45)33(53-38(47)29-18-12-8-13-19-29)32-35(50-26(3)44)42(24,41)55-40(32,5)6/h7-21,24,31-36H,22-23H2,1-6H3/t24-,31+,32-,33+,34-,35+,36-,41-,42-/m0/s1. The summed E-state index contributed by atoms with van der Waals surface area (Å²) in [5.74, 6) is -6.47. The van der Waals surface area contributed by atoms with E-state index in [-0.39, 0.29) is 23.1 Å². The number of benzene rings is 3. The molecule has 13 nitrogen and oxygen atoms in total. The lowest BCUT2D eigenvalue weighted by Gasteiger charge is -2.64. The summed E-state index contributed by atoms with van der Waals surface area (Å²) in [5.41, 5.74) is -4.67. The highest BCUT2D eigenvalue weighted by Gasteiger charge is 2.86. The number of rotatable bonds is 10. The molecular weight excluding hydrogens is 712 g/mol. The van der Waals surface area contributed by atoms with E-state index in [4.69, 9.17) is 33.2 Å². The van der Waals surface area contributed by atoms with E-state index in [9.17, 15) is 28.8 Å². The fourth-order valence-electron chi connectivity index (χ4n) is 8.95. The van der Waals surface area contributed by atoms with Crippen LogP contribution in [0, 0.1) is 17.3 Å². The van der Waals surface area contributed by atoms with Crippen LogP contribution in [0.5, 0.6) is 0 Å². The molecule has 13 heteroatoms. The Morgan fingerprint density at radius 2 is 1.05 bits per heavy atom. The Balaban J connectivity index is 1.65. The van der Waals surface area contributed by atoms with E-state index < -0.39 is 101 Å². The molecule has 3 fully saturated rings. The zero-order valence-electron chi connectivity index (χ0n) is 31.4. The first-order chi connectivity index (χ1) is 26.1. The summed E-state index contributed by atoms with van der Waals surface area (Å²) in [6, 6.07) is 24.3. The highest BCUT2D eigenvalue weighted by molar-refractivity contribution is 5.91. The predicted molar refractivity (Wildman–Crippen MR) is 192 cm³/mol. The van der Waals surface area contributed by atoms with Crippen LogP contribution in [0.2, 0.25) is 0 Å². The summed E-state index contributed by atoms with van der Waals surface area (Å²) < 4.78 is 44.4. The van der Waals surface area contributed by atoms with E-state index in [1.165, 1.54) is 31.2 Å². The van der Waals surface area contributed by atoms with Crippen LogP contribution in [0.15, 0.2) is 91.0 Å². The molecule has 1 saturated heterocycles. The van der Waals surface area contributed by atoms with Crippen molar-refractivity contribution < 1.29 is 61.9 Å². The van der Waals surface area contributed by atoms with Crippen molar-refractivity contribution in [3.8, 4) is 0 Å². The van der Waals surface area contributed by atoms with Crippen LogP contribution in [0.3, 0.4) is 0 Å². The van der Waals surface area contributed by atoms with Gasteiger partial charge in [0.15, 0.2) is 12.2 Å². The van der Waals surface area contributed by atoms with Crippen molar-refractivity contribution in [3.05, 3.63) is 108 Å². The first-order valence-corrected chi connectivity index (χ1v) is 18.1. The van der Waals surface area contributed by atoms with Gasteiger partial charge in [0.2, 0.25) is 0 Å². The molecule has 2 aliphatic carbocycles. The van der Waals surface area contributed by atoms with Crippen LogP contribution in [-0.2, 0) is 47.5 Å². The van der Waals surface area contributed by atoms with E-state index in [1.54, 1.807) is 87.5 Å². The Hall–Kier alpha value is -5.56. The zero-order valence-corrected chi connectivity index (χ0v) is 31.4. The SMILES string of the molecule is CC(=O)OC[C@]12[C@@H](OC(C)=O)[C@H](OC(=O)c3ccccc3)[C@H]3[C@@H](OC(C)=O)[C@@]1(OC3(C)C)[C@@H](C)C[C@@H](OC(=O)c1ccccc1)[C@@H]2OC(=O)c1ccccc1. The van der Waals surface area contributed by atoms with Crippen LogP contribution < -0.4 is 0 Å². The maximum absolute atomic E-state index is 14.2.